The molecule has 2 heterocycles. The van der Waals surface area contributed by atoms with Crippen LogP contribution in [0.2, 0.25) is 0 Å². The second-order valence-corrected chi connectivity index (χ2v) is 14.4. The van der Waals surface area contributed by atoms with Crippen molar-refractivity contribution >= 4 is 34.4 Å². The van der Waals surface area contributed by atoms with Crippen molar-refractivity contribution in [3.63, 3.8) is 0 Å². The predicted octanol–water partition coefficient (Wildman–Crippen LogP) is 5.01. The third kappa shape index (κ3) is 3.45. The third-order valence-electron chi connectivity index (χ3n) is 11.0. The van der Waals surface area contributed by atoms with Gasteiger partial charge in [-0.2, -0.15) is 0 Å². The van der Waals surface area contributed by atoms with Gasteiger partial charge in [0.1, 0.15) is 0 Å². The Hall–Kier alpha value is -2.26. The van der Waals surface area contributed by atoms with Crippen molar-refractivity contribution in [2.45, 2.75) is 82.1 Å². The first-order chi connectivity index (χ1) is 18.9. The summed E-state index contributed by atoms with van der Waals surface area (Å²) < 4.78 is 15.3. The van der Waals surface area contributed by atoms with Gasteiger partial charge in [0.05, 0.1) is 29.0 Å². The maximum Gasteiger partial charge on any atom is 0.178 e. The summed E-state index contributed by atoms with van der Waals surface area (Å²) in [5.41, 5.74) is 0.984. The molecule has 5 aliphatic rings. The van der Waals surface area contributed by atoms with Gasteiger partial charge in [-0.25, -0.2) is 4.98 Å². The molecule has 1 aliphatic heterocycles. The van der Waals surface area contributed by atoms with Crippen LogP contribution in [-0.2, 0) is 26.1 Å². The Kier molecular flexibility index (Phi) is 5.75. The lowest BCUT2D eigenvalue weighted by Gasteiger charge is -2.60. The van der Waals surface area contributed by atoms with E-state index in [4.69, 9.17) is 14.5 Å². The van der Waals surface area contributed by atoms with Crippen molar-refractivity contribution in [2.24, 2.45) is 35.6 Å². The van der Waals surface area contributed by atoms with Crippen LogP contribution in [0, 0.1) is 28.6 Å². The normalized spacial score (nSPS) is 41.3. The quantitative estimate of drug-likeness (QED) is 0.524. The number of hydrogen-bond donors (Lipinski definition) is 1. The number of benzene rings is 1. The average Bonchev–Trinajstić information content (AvgIpc) is 3.46. The second-order valence-electron chi connectivity index (χ2n) is 13.4. The Balaban J connectivity index is 1.23. The fourth-order valence-electron chi connectivity index (χ4n) is 9.41. The number of nitrogens with zero attached hydrogens (tertiary/aromatic N) is 2. The number of aliphatic hydroxyl groups excluding tert-OH is 1. The average molecular weight is 563 g/mol. The highest BCUT2D eigenvalue weighted by atomic mass is 32.2. The van der Waals surface area contributed by atoms with Gasteiger partial charge in [-0.1, -0.05) is 49.4 Å². The molecule has 4 fully saturated rings. The Bertz CT molecular complexity index is 1490. The summed E-state index contributed by atoms with van der Waals surface area (Å²) in [5, 5.41) is 12.7. The molecule has 1 aromatic carbocycles. The monoisotopic (exact) mass is 562 g/mol. The summed E-state index contributed by atoms with van der Waals surface area (Å²) in [6, 6.07) is 7.98. The predicted molar refractivity (Wildman–Crippen MR) is 153 cm³/mol. The lowest BCUT2D eigenvalue weighted by atomic mass is 9.46. The minimum absolute atomic E-state index is 0.0108. The van der Waals surface area contributed by atoms with Crippen molar-refractivity contribution < 1.29 is 24.2 Å². The highest BCUT2D eigenvalue weighted by Gasteiger charge is 2.76. The molecule has 0 amide bonds. The molecule has 2 aromatic rings. The number of carbonyl (C=O) groups excluding carboxylic acids is 2. The van der Waals surface area contributed by atoms with Crippen molar-refractivity contribution in [1.29, 1.82) is 0 Å². The van der Waals surface area contributed by atoms with Gasteiger partial charge in [0.15, 0.2) is 28.1 Å². The van der Waals surface area contributed by atoms with Gasteiger partial charge in [0.25, 0.3) is 0 Å². The number of fused-ring (bicyclic) bond motifs is 8. The number of imidazole rings is 1. The molecular formula is C32H38N2O5S. The number of ketones is 2. The standard InChI is InChI=1S/C32H38N2O5S/c1-29(2)38-26-15-21-20-11-10-18-14-19(35)12-13-30(18,3)27(20)24(36)16-31(21,4)32(26,39-29)25(37)17-40-28-33-22-8-6-7-9-23(22)34(28)5/h6-9,12-14,20-21,24,26-27,36H,10-11,15-17H2,1-5H3/t20?,21?,24?,26-,27?,30?,31?,32-/m1/s1. The molecule has 7 rings (SSSR count). The van der Waals surface area contributed by atoms with Crippen LogP contribution in [0.25, 0.3) is 11.0 Å². The zero-order valence-electron chi connectivity index (χ0n) is 23.8. The van der Waals surface area contributed by atoms with Crippen LogP contribution in [0.5, 0.6) is 0 Å². The maximum absolute atomic E-state index is 14.5. The molecule has 0 bridgehead atoms. The van der Waals surface area contributed by atoms with Gasteiger partial charge < -0.3 is 19.1 Å². The fraction of sp³-hybridized carbons (Fsp3) is 0.594. The Morgan fingerprint density at radius 3 is 2.77 bits per heavy atom. The van der Waals surface area contributed by atoms with Crippen LogP contribution in [0.4, 0.5) is 0 Å². The maximum atomic E-state index is 14.5. The minimum Gasteiger partial charge on any atom is -0.393 e. The largest absolute Gasteiger partial charge is 0.393 e. The molecule has 40 heavy (non-hydrogen) atoms. The van der Waals surface area contributed by atoms with E-state index in [2.05, 4.69) is 13.8 Å². The molecule has 7 nitrogen and oxygen atoms in total. The summed E-state index contributed by atoms with van der Waals surface area (Å²) >= 11 is 1.44. The number of thioether (sulfide) groups is 1. The van der Waals surface area contributed by atoms with Gasteiger partial charge in [-0.05, 0) is 75.7 Å². The molecular weight excluding hydrogens is 524 g/mol. The first-order valence-electron chi connectivity index (χ1n) is 14.5. The van der Waals surface area contributed by atoms with E-state index >= 15 is 0 Å². The molecule has 3 saturated carbocycles. The molecule has 8 atom stereocenters. The van der Waals surface area contributed by atoms with E-state index in [-0.39, 0.29) is 46.6 Å². The molecule has 6 unspecified atom stereocenters. The second kappa shape index (κ2) is 8.63. The number of ether oxygens (including phenoxy) is 2. The molecule has 8 heteroatoms. The first kappa shape index (κ1) is 26.6. The molecule has 0 spiro atoms. The lowest BCUT2D eigenvalue weighted by molar-refractivity contribution is -0.223. The van der Waals surface area contributed by atoms with Gasteiger partial charge in [-0.3, -0.25) is 9.59 Å². The highest BCUT2D eigenvalue weighted by Crippen LogP contribution is 2.70. The van der Waals surface area contributed by atoms with Crippen molar-refractivity contribution in [2.75, 3.05) is 5.75 Å². The van der Waals surface area contributed by atoms with Crippen LogP contribution in [0.1, 0.15) is 53.4 Å². The summed E-state index contributed by atoms with van der Waals surface area (Å²) in [5.74, 6) is -0.273. The number of aryl methyl sites for hydroxylation is 1. The Morgan fingerprint density at radius 1 is 1.23 bits per heavy atom. The SMILES string of the molecule is Cn1c(SCC(=O)[C@@]23OC(C)(C)O[C@@H]2CC2C4CCC5=CC(=O)C=CC5(C)C4C(O)CC23C)nc2ccccc21. The summed E-state index contributed by atoms with van der Waals surface area (Å²) in [4.78, 5) is 31.4. The zero-order valence-corrected chi connectivity index (χ0v) is 24.7. The minimum atomic E-state index is -1.14. The number of carbonyl (C=O) groups is 2. The molecule has 1 N–H and O–H groups in total. The smallest absolute Gasteiger partial charge is 0.178 e. The Labute approximate surface area is 239 Å². The topological polar surface area (TPSA) is 90.7 Å². The van der Waals surface area contributed by atoms with Crippen molar-refractivity contribution in [3.05, 3.63) is 48.1 Å². The Morgan fingerprint density at radius 2 is 2.00 bits per heavy atom. The summed E-state index contributed by atoms with van der Waals surface area (Å²) in [6.45, 7) is 8.11. The van der Waals surface area contributed by atoms with Gasteiger partial charge in [0, 0.05) is 23.8 Å². The summed E-state index contributed by atoms with van der Waals surface area (Å²) in [7, 11) is 1.98. The van der Waals surface area contributed by atoms with E-state index in [9.17, 15) is 14.7 Å². The van der Waals surface area contributed by atoms with Crippen LogP contribution in [0.3, 0.4) is 0 Å². The molecule has 1 aromatic heterocycles. The molecule has 4 aliphatic carbocycles. The number of para-hydroxylation sites is 2. The number of rotatable bonds is 4. The van der Waals surface area contributed by atoms with E-state index in [1.54, 1.807) is 12.2 Å². The number of aliphatic hydroxyl groups is 1. The van der Waals surface area contributed by atoms with E-state index in [1.165, 1.54) is 11.8 Å². The van der Waals surface area contributed by atoms with E-state index in [0.29, 0.717) is 6.42 Å². The number of hydrogen-bond acceptors (Lipinski definition) is 7. The number of aromatic nitrogens is 2. The fourth-order valence-corrected chi connectivity index (χ4v) is 10.3. The lowest BCUT2D eigenvalue weighted by Crippen LogP contribution is -2.63. The number of Topliss-reactive ketones (excluding diaryl/α,β-unsaturated/α-hetero) is 1. The molecule has 212 valence electrons. The van der Waals surface area contributed by atoms with Gasteiger partial charge in [-0.15, -0.1) is 0 Å². The van der Waals surface area contributed by atoms with Gasteiger partial charge >= 0.3 is 0 Å². The third-order valence-corrected chi connectivity index (χ3v) is 12.0. The van der Waals surface area contributed by atoms with E-state index in [1.807, 2.05) is 55.8 Å². The van der Waals surface area contributed by atoms with Crippen LogP contribution in [-0.4, -0.2) is 55.6 Å². The van der Waals surface area contributed by atoms with Crippen molar-refractivity contribution in [3.8, 4) is 0 Å². The van der Waals surface area contributed by atoms with Crippen LogP contribution >= 0.6 is 11.8 Å². The molecule has 0 radical (unpaired) electrons. The van der Waals surface area contributed by atoms with Crippen LogP contribution in [0.15, 0.2) is 53.2 Å². The molecule has 1 saturated heterocycles. The number of allylic oxidation sites excluding steroid dienone is 4. The van der Waals surface area contributed by atoms with Crippen LogP contribution < -0.4 is 0 Å². The van der Waals surface area contributed by atoms with Gasteiger partial charge in [0.2, 0.25) is 0 Å². The van der Waals surface area contributed by atoms with E-state index in [0.717, 1.165) is 41.0 Å². The van der Waals surface area contributed by atoms with Crippen molar-refractivity contribution in [1.82, 2.24) is 9.55 Å². The first-order valence-corrected chi connectivity index (χ1v) is 15.5. The highest BCUT2D eigenvalue weighted by molar-refractivity contribution is 7.99. The van der Waals surface area contributed by atoms with E-state index < -0.39 is 22.9 Å². The zero-order chi connectivity index (χ0) is 28.2. The summed E-state index contributed by atoms with van der Waals surface area (Å²) in [6.07, 6.45) is 7.37.